The van der Waals surface area contributed by atoms with Crippen LogP contribution in [0.15, 0.2) is 24.3 Å². The van der Waals surface area contributed by atoms with Gasteiger partial charge in [0.15, 0.2) is 0 Å². The first kappa shape index (κ1) is 14.6. The lowest BCUT2D eigenvalue weighted by Crippen LogP contribution is -2.17. The molecule has 21 heavy (non-hydrogen) atoms. The van der Waals surface area contributed by atoms with E-state index in [1.165, 1.54) is 36.8 Å². The van der Waals surface area contributed by atoms with Crippen molar-refractivity contribution in [2.75, 3.05) is 6.54 Å². The first-order valence-corrected chi connectivity index (χ1v) is 8.19. The van der Waals surface area contributed by atoms with Crippen LogP contribution in [0.2, 0.25) is 0 Å². The van der Waals surface area contributed by atoms with Crippen LogP contribution < -0.4 is 5.32 Å². The van der Waals surface area contributed by atoms with Crippen LogP contribution >= 0.6 is 0 Å². The molecular weight excluding hydrogens is 262 g/mol. The van der Waals surface area contributed by atoms with Gasteiger partial charge in [0, 0.05) is 12.6 Å². The van der Waals surface area contributed by atoms with Gasteiger partial charge in [-0.25, -0.2) is 0 Å². The molecule has 0 bridgehead atoms. The molecule has 2 unspecified atom stereocenters. The van der Waals surface area contributed by atoms with E-state index in [0.29, 0.717) is 13.0 Å². The van der Waals surface area contributed by atoms with Crippen molar-refractivity contribution in [2.24, 2.45) is 11.8 Å². The van der Waals surface area contributed by atoms with E-state index in [4.69, 9.17) is 5.11 Å². The molecule has 0 amide bonds. The first-order valence-electron chi connectivity index (χ1n) is 8.19. The van der Waals surface area contributed by atoms with Gasteiger partial charge in [0.25, 0.3) is 0 Å². The highest BCUT2D eigenvalue weighted by molar-refractivity contribution is 5.70. The van der Waals surface area contributed by atoms with E-state index >= 15 is 0 Å². The third-order valence-electron chi connectivity index (χ3n) is 5.31. The summed E-state index contributed by atoms with van der Waals surface area (Å²) in [4.78, 5) is 11.0. The second-order valence-electron chi connectivity index (χ2n) is 6.86. The number of benzene rings is 1. The van der Waals surface area contributed by atoms with Crippen molar-refractivity contribution in [3.63, 3.8) is 0 Å². The number of aliphatic carboxylic acids is 1. The molecule has 0 radical (unpaired) electrons. The fourth-order valence-electron chi connectivity index (χ4n) is 3.77. The Hall–Kier alpha value is -1.35. The van der Waals surface area contributed by atoms with E-state index < -0.39 is 5.97 Å². The molecule has 1 aromatic rings. The minimum Gasteiger partial charge on any atom is -0.481 e. The van der Waals surface area contributed by atoms with E-state index in [1.807, 2.05) is 0 Å². The number of carbonyl (C=O) groups is 1. The van der Waals surface area contributed by atoms with Crippen LogP contribution in [0, 0.1) is 11.8 Å². The first-order chi connectivity index (χ1) is 10.1. The number of hydrogen-bond acceptors (Lipinski definition) is 2. The number of carboxylic acid groups (broad SMARTS) is 1. The largest absolute Gasteiger partial charge is 0.481 e. The second-order valence-corrected chi connectivity index (χ2v) is 6.86. The second kappa shape index (κ2) is 6.18. The number of hydrogen-bond donors (Lipinski definition) is 2. The Balaban J connectivity index is 1.63. The minimum absolute atomic E-state index is 0.200. The number of rotatable bonds is 3. The van der Waals surface area contributed by atoms with Crippen molar-refractivity contribution in [2.45, 2.75) is 51.0 Å². The molecule has 2 fully saturated rings. The van der Waals surface area contributed by atoms with Crippen LogP contribution in [-0.4, -0.2) is 17.6 Å². The molecule has 114 valence electrons. The monoisotopic (exact) mass is 287 g/mol. The zero-order chi connectivity index (χ0) is 14.8. The molecule has 3 heteroatoms. The van der Waals surface area contributed by atoms with Gasteiger partial charge >= 0.3 is 5.97 Å². The zero-order valence-electron chi connectivity index (χ0n) is 12.7. The Kier molecular flexibility index (Phi) is 4.29. The number of nitrogens with one attached hydrogen (secondary N) is 1. The lowest BCUT2D eigenvalue weighted by molar-refractivity contribution is -0.141. The maximum atomic E-state index is 11.0. The van der Waals surface area contributed by atoms with E-state index in [9.17, 15) is 4.79 Å². The summed E-state index contributed by atoms with van der Waals surface area (Å²) >= 11 is 0. The Bertz CT molecular complexity index is 488. The lowest BCUT2D eigenvalue weighted by Gasteiger charge is -2.26. The summed E-state index contributed by atoms with van der Waals surface area (Å²) in [7, 11) is 0. The van der Waals surface area contributed by atoms with Gasteiger partial charge in [-0.2, -0.15) is 0 Å². The predicted molar refractivity (Wildman–Crippen MR) is 83.3 cm³/mol. The Morgan fingerprint density at radius 1 is 1.10 bits per heavy atom. The van der Waals surface area contributed by atoms with Crippen molar-refractivity contribution in [1.82, 2.24) is 5.32 Å². The van der Waals surface area contributed by atoms with Crippen LogP contribution in [0.5, 0.6) is 0 Å². The molecule has 1 heterocycles. The van der Waals surface area contributed by atoms with Gasteiger partial charge < -0.3 is 10.4 Å². The molecule has 2 N–H and O–H groups in total. The SMILES string of the molecule is CC1CCC(c2ccc(C3CC(C(=O)O)CN3)cc2)CC1. The Labute approximate surface area is 126 Å². The summed E-state index contributed by atoms with van der Waals surface area (Å²) in [6.45, 7) is 2.94. The highest BCUT2D eigenvalue weighted by Crippen LogP contribution is 2.36. The van der Waals surface area contributed by atoms with Gasteiger partial charge in [-0.1, -0.05) is 44.0 Å². The van der Waals surface area contributed by atoms with E-state index in [0.717, 1.165) is 11.8 Å². The van der Waals surface area contributed by atoms with Gasteiger partial charge in [0.2, 0.25) is 0 Å². The molecule has 3 nitrogen and oxygen atoms in total. The highest BCUT2D eigenvalue weighted by atomic mass is 16.4. The third-order valence-corrected chi connectivity index (χ3v) is 5.31. The van der Waals surface area contributed by atoms with Gasteiger partial charge in [0.05, 0.1) is 5.92 Å². The predicted octanol–water partition coefficient (Wildman–Crippen LogP) is 3.72. The van der Waals surface area contributed by atoms with Crippen molar-refractivity contribution in [3.8, 4) is 0 Å². The van der Waals surface area contributed by atoms with Crippen molar-refractivity contribution >= 4 is 5.97 Å². The molecule has 1 saturated carbocycles. The fourth-order valence-corrected chi connectivity index (χ4v) is 3.77. The Morgan fingerprint density at radius 3 is 2.29 bits per heavy atom. The molecule has 2 atom stereocenters. The quantitative estimate of drug-likeness (QED) is 0.891. The van der Waals surface area contributed by atoms with Crippen molar-refractivity contribution in [1.29, 1.82) is 0 Å². The summed E-state index contributed by atoms with van der Waals surface area (Å²) in [6, 6.07) is 9.09. The van der Waals surface area contributed by atoms with Crippen LogP contribution in [-0.2, 0) is 4.79 Å². The molecule has 2 aliphatic rings. The zero-order valence-corrected chi connectivity index (χ0v) is 12.7. The normalized spacial score (nSPS) is 33.0. The third kappa shape index (κ3) is 3.29. The van der Waals surface area contributed by atoms with Gasteiger partial charge in [0.1, 0.15) is 0 Å². The smallest absolute Gasteiger partial charge is 0.307 e. The standard InChI is InChI=1S/C18H25NO2/c1-12-2-4-13(5-3-12)14-6-8-15(9-7-14)17-10-16(11-19-17)18(20)21/h6-9,12-13,16-17,19H,2-5,10-11H2,1H3,(H,20,21). The van der Waals surface area contributed by atoms with E-state index in [2.05, 4.69) is 36.5 Å². The minimum atomic E-state index is -0.682. The van der Waals surface area contributed by atoms with Crippen molar-refractivity contribution in [3.05, 3.63) is 35.4 Å². The summed E-state index contributed by atoms with van der Waals surface area (Å²) in [5.41, 5.74) is 2.69. The van der Waals surface area contributed by atoms with Crippen LogP contribution in [0.3, 0.4) is 0 Å². The molecule has 1 aliphatic heterocycles. The van der Waals surface area contributed by atoms with Crippen LogP contribution in [0.25, 0.3) is 0 Å². The van der Waals surface area contributed by atoms with E-state index in [-0.39, 0.29) is 12.0 Å². The maximum Gasteiger partial charge on any atom is 0.307 e. The topological polar surface area (TPSA) is 49.3 Å². The molecule has 0 aromatic heterocycles. The molecule has 1 saturated heterocycles. The summed E-state index contributed by atoms with van der Waals surface area (Å²) in [6.07, 6.45) is 6.01. The number of carboxylic acids is 1. The average molecular weight is 287 g/mol. The molecular formula is C18H25NO2. The maximum absolute atomic E-state index is 11.0. The Morgan fingerprint density at radius 2 is 1.71 bits per heavy atom. The summed E-state index contributed by atoms with van der Waals surface area (Å²) < 4.78 is 0. The molecule has 1 aliphatic carbocycles. The summed E-state index contributed by atoms with van der Waals surface area (Å²) in [5, 5.41) is 12.4. The van der Waals surface area contributed by atoms with Crippen LogP contribution in [0.1, 0.15) is 62.1 Å². The molecule has 1 aromatic carbocycles. The fraction of sp³-hybridized carbons (Fsp3) is 0.611. The van der Waals surface area contributed by atoms with Gasteiger partial charge in [-0.3, -0.25) is 4.79 Å². The molecule has 3 rings (SSSR count). The van der Waals surface area contributed by atoms with E-state index in [1.54, 1.807) is 0 Å². The lowest BCUT2D eigenvalue weighted by atomic mass is 9.79. The summed E-state index contributed by atoms with van der Waals surface area (Å²) in [5.74, 6) is 0.683. The van der Waals surface area contributed by atoms with Crippen molar-refractivity contribution < 1.29 is 9.90 Å². The van der Waals surface area contributed by atoms with Gasteiger partial charge in [-0.05, 0) is 42.2 Å². The van der Waals surface area contributed by atoms with Crippen LogP contribution in [0.4, 0.5) is 0 Å². The molecule has 0 spiro atoms. The average Bonchev–Trinajstić information content (AvgIpc) is 2.98. The highest BCUT2D eigenvalue weighted by Gasteiger charge is 2.30. The van der Waals surface area contributed by atoms with Gasteiger partial charge in [-0.15, -0.1) is 0 Å².